The lowest BCUT2D eigenvalue weighted by molar-refractivity contribution is 0.135. The van der Waals surface area contributed by atoms with Gasteiger partial charge in [0.25, 0.3) is 0 Å². The Morgan fingerprint density at radius 3 is 2.07 bits per heavy atom. The number of nitrogens with one attached hydrogen (secondary N) is 1. The van der Waals surface area contributed by atoms with E-state index in [-0.39, 0.29) is 0 Å². The third-order valence-electron chi connectivity index (χ3n) is 4.31. The van der Waals surface area contributed by atoms with Gasteiger partial charge < -0.3 is 5.32 Å². The Balaban J connectivity index is 2.36. The van der Waals surface area contributed by atoms with Gasteiger partial charge in [0.1, 0.15) is 0 Å². The maximum Gasteiger partial charge on any atom is 0.00696 e. The fourth-order valence-electron chi connectivity index (χ4n) is 2.80. The maximum absolute atomic E-state index is 3.67. The van der Waals surface area contributed by atoms with Crippen LogP contribution in [-0.4, -0.2) is 12.1 Å². The molecule has 1 heteroatoms. The summed E-state index contributed by atoms with van der Waals surface area (Å²) in [6.07, 6.45) is 6.93. The molecule has 0 bridgehead atoms. The molecule has 0 saturated heterocycles. The number of rotatable bonds is 4. The van der Waals surface area contributed by atoms with E-state index in [0.29, 0.717) is 11.5 Å². The van der Waals surface area contributed by atoms with E-state index in [0.717, 1.165) is 12.0 Å². The predicted molar refractivity (Wildman–Crippen MR) is 68.1 cm³/mol. The van der Waals surface area contributed by atoms with Gasteiger partial charge >= 0.3 is 0 Å². The molecule has 0 aromatic heterocycles. The van der Waals surface area contributed by atoms with Crippen LogP contribution in [0.1, 0.15) is 66.7 Å². The fraction of sp³-hybridized carbons (Fsp3) is 1.00. The molecule has 0 aromatic rings. The van der Waals surface area contributed by atoms with Crippen molar-refractivity contribution >= 4 is 0 Å². The molecule has 0 heterocycles. The molecule has 1 N–H and O–H groups in total. The first-order valence-electron chi connectivity index (χ1n) is 6.71. The highest BCUT2D eigenvalue weighted by Crippen LogP contribution is 2.40. The van der Waals surface area contributed by atoms with Crippen molar-refractivity contribution in [3.05, 3.63) is 0 Å². The van der Waals surface area contributed by atoms with Crippen molar-refractivity contribution in [3.63, 3.8) is 0 Å². The molecule has 0 amide bonds. The summed E-state index contributed by atoms with van der Waals surface area (Å²) in [5, 5.41) is 3.67. The summed E-state index contributed by atoms with van der Waals surface area (Å²) in [6.45, 7) is 11.7. The van der Waals surface area contributed by atoms with Crippen LogP contribution in [0.5, 0.6) is 0 Å². The highest BCUT2D eigenvalue weighted by atomic mass is 14.9. The van der Waals surface area contributed by atoms with Gasteiger partial charge in [-0.15, -0.1) is 0 Å². The Labute approximate surface area is 96.0 Å². The van der Waals surface area contributed by atoms with E-state index in [2.05, 4.69) is 39.9 Å². The zero-order valence-corrected chi connectivity index (χ0v) is 11.3. The standard InChI is InChI=1S/C14H29N/c1-6-14(4,5)12-7-9-13(10-8-12)15-11(2)3/h11-13,15H,6-10H2,1-5H3. The van der Waals surface area contributed by atoms with Crippen LogP contribution in [0.3, 0.4) is 0 Å². The van der Waals surface area contributed by atoms with Crippen LogP contribution < -0.4 is 5.32 Å². The molecule has 1 aliphatic carbocycles. The van der Waals surface area contributed by atoms with Crippen LogP contribution in [0.2, 0.25) is 0 Å². The van der Waals surface area contributed by atoms with Gasteiger partial charge in [-0.1, -0.05) is 41.0 Å². The van der Waals surface area contributed by atoms with E-state index >= 15 is 0 Å². The Morgan fingerprint density at radius 1 is 1.13 bits per heavy atom. The minimum atomic E-state index is 0.558. The van der Waals surface area contributed by atoms with Crippen molar-refractivity contribution in [3.8, 4) is 0 Å². The first-order chi connectivity index (χ1) is 6.95. The molecule has 0 aromatic carbocycles. The molecule has 0 aliphatic heterocycles. The van der Waals surface area contributed by atoms with Crippen molar-refractivity contribution in [2.75, 3.05) is 0 Å². The second-order valence-electron chi connectivity index (χ2n) is 6.21. The monoisotopic (exact) mass is 211 g/mol. The van der Waals surface area contributed by atoms with Crippen LogP contribution in [-0.2, 0) is 0 Å². The Kier molecular flexibility index (Phi) is 4.64. The third kappa shape index (κ3) is 3.79. The molecule has 1 rings (SSSR count). The van der Waals surface area contributed by atoms with Gasteiger partial charge in [-0.2, -0.15) is 0 Å². The van der Waals surface area contributed by atoms with Crippen molar-refractivity contribution in [1.82, 2.24) is 5.32 Å². The molecule has 1 fully saturated rings. The van der Waals surface area contributed by atoms with Crippen LogP contribution in [0, 0.1) is 11.3 Å². The minimum Gasteiger partial charge on any atom is -0.312 e. The van der Waals surface area contributed by atoms with Gasteiger partial charge in [0.2, 0.25) is 0 Å². The zero-order valence-electron chi connectivity index (χ0n) is 11.3. The van der Waals surface area contributed by atoms with Gasteiger partial charge in [0.15, 0.2) is 0 Å². The maximum atomic E-state index is 3.67. The normalized spacial score (nSPS) is 28.4. The summed E-state index contributed by atoms with van der Waals surface area (Å²) in [4.78, 5) is 0. The number of hydrogen-bond acceptors (Lipinski definition) is 1. The molecular weight excluding hydrogens is 182 g/mol. The lowest BCUT2D eigenvalue weighted by atomic mass is 9.69. The SMILES string of the molecule is CCC(C)(C)C1CCC(NC(C)C)CC1. The molecule has 0 radical (unpaired) electrons. The quantitative estimate of drug-likeness (QED) is 0.741. The van der Waals surface area contributed by atoms with E-state index in [1.807, 2.05) is 0 Å². The lowest BCUT2D eigenvalue weighted by Crippen LogP contribution is -2.39. The molecule has 0 spiro atoms. The van der Waals surface area contributed by atoms with Crippen molar-refractivity contribution < 1.29 is 0 Å². The van der Waals surface area contributed by atoms with E-state index in [1.54, 1.807) is 0 Å². The second-order valence-corrected chi connectivity index (χ2v) is 6.21. The molecule has 1 aliphatic rings. The largest absolute Gasteiger partial charge is 0.312 e. The lowest BCUT2D eigenvalue weighted by Gasteiger charge is -2.39. The predicted octanol–water partition coefficient (Wildman–Crippen LogP) is 3.98. The third-order valence-corrected chi connectivity index (χ3v) is 4.31. The highest BCUT2D eigenvalue weighted by molar-refractivity contribution is 4.85. The molecule has 1 nitrogen and oxygen atoms in total. The van der Waals surface area contributed by atoms with Crippen LogP contribution >= 0.6 is 0 Å². The Morgan fingerprint density at radius 2 is 1.67 bits per heavy atom. The van der Waals surface area contributed by atoms with Gasteiger partial charge in [-0.05, 0) is 37.0 Å². The van der Waals surface area contributed by atoms with Gasteiger partial charge in [0, 0.05) is 12.1 Å². The van der Waals surface area contributed by atoms with Crippen molar-refractivity contribution in [2.24, 2.45) is 11.3 Å². The van der Waals surface area contributed by atoms with Gasteiger partial charge in [-0.3, -0.25) is 0 Å². The Hall–Kier alpha value is -0.0400. The molecule has 0 atom stereocenters. The highest BCUT2D eigenvalue weighted by Gasteiger charge is 2.31. The van der Waals surface area contributed by atoms with Crippen molar-refractivity contribution in [1.29, 1.82) is 0 Å². The molecule has 90 valence electrons. The van der Waals surface area contributed by atoms with E-state index in [4.69, 9.17) is 0 Å². The summed E-state index contributed by atoms with van der Waals surface area (Å²) in [6, 6.07) is 1.43. The topological polar surface area (TPSA) is 12.0 Å². The minimum absolute atomic E-state index is 0.558. The Bertz CT molecular complexity index is 176. The average molecular weight is 211 g/mol. The van der Waals surface area contributed by atoms with Crippen molar-refractivity contribution in [2.45, 2.75) is 78.8 Å². The molecule has 0 unspecified atom stereocenters. The summed E-state index contributed by atoms with van der Waals surface area (Å²) < 4.78 is 0. The fourth-order valence-corrected chi connectivity index (χ4v) is 2.80. The smallest absolute Gasteiger partial charge is 0.00696 e. The van der Waals surface area contributed by atoms with E-state index < -0.39 is 0 Å². The van der Waals surface area contributed by atoms with E-state index in [9.17, 15) is 0 Å². The number of hydrogen-bond donors (Lipinski definition) is 1. The first kappa shape index (κ1) is 13.0. The van der Waals surface area contributed by atoms with Gasteiger partial charge in [0.05, 0.1) is 0 Å². The van der Waals surface area contributed by atoms with E-state index in [1.165, 1.54) is 32.1 Å². The van der Waals surface area contributed by atoms with Crippen LogP contribution in [0.15, 0.2) is 0 Å². The molecular formula is C14H29N. The molecule has 15 heavy (non-hydrogen) atoms. The summed E-state index contributed by atoms with van der Waals surface area (Å²) >= 11 is 0. The summed E-state index contributed by atoms with van der Waals surface area (Å²) in [7, 11) is 0. The van der Waals surface area contributed by atoms with Crippen LogP contribution in [0.4, 0.5) is 0 Å². The van der Waals surface area contributed by atoms with Gasteiger partial charge in [-0.25, -0.2) is 0 Å². The second kappa shape index (κ2) is 5.34. The first-order valence-corrected chi connectivity index (χ1v) is 6.71. The summed E-state index contributed by atoms with van der Waals surface area (Å²) in [5.41, 5.74) is 0.558. The zero-order chi connectivity index (χ0) is 11.5. The summed E-state index contributed by atoms with van der Waals surface area (Å²) in [5.74, 6) is 0.952. The van der Waals surface area contributed by atoms with Crippen LogP contribution in [0.25, 0.3) is 0 Å². The average Bonchev–Trinajstić information content (AvgIpc) is 2.18. The molecule has 1 saturated carbocycles.